The monoisotopic (exact) mass is 421 g/mol. The van der Waals surface area contributed by atoms with E-state index >= 15 is 0 Å². The molecule has 0 bridgehead atoms. The van der Waals surface area contributed by atoms with Gasteiger partial charge in [-0.15, -0.1) is 0 Å². The molecule has 1 aliphatic carbocycles. The highest BCUT2D eigenvalue weighted by molar-refractivity contribution is 9.08. The zero-order chi connectivity index (χ0) is 18.7. The van der Waals surface area contributed by atoms with Crippen LogP contribution in [0, 0.1) is 0 Å². The summed E-state index contributed by atoms with van der Waals surface area (Å²) in [5, 5.41) is 5.66. The Kier molecular flexibility index (Phi) is 5.65. The number of alkyl halides is 1. The molecule has 0 amide bonds. The number of carbonyl (C=O) groups excluding carboxylic acids is 1. The molecule has 140 valence electrons. The average Bonchev–Trinajstić information content (AvgIpc) is 3.02. The first-order chi connectivity index (χ1) is 12.4. The van der Waals surface area contributed by atoms with Gasteiger partial charge in [0.2, 0.25) is 5.88 Å². The highest BCUT2D eigenvalue weighted by Gasteiger charge is 2.26. The molecule has 0 aromatic carbocycles. The molecule has 0 atom stereocenters. The van der Waals surface area contributed by atoms with Crippen LogP contribution in [0.15, 0.2) is 24.9 Å². The van der Waals surface area contributed by atoms with Crippen molar-refractivity contribution in [3.05, 3.63) is 30.6 Å². The summed E-state index contributed by atoms with van der Waals surface area (Å²) in [6, 6.07) is 1.75. The van der Waals surface area contributed by atoms with E-state index in [1.807, 2.05) is 0 Å². The lowest BCUT2D eigenvalue weighted by molar-refractivity contribution is 0.0717. The number of hydrogen-bond donors (Lipinski definition) is 0. The fraction of sp³-hybridized carbons (Fsp3) is 0.526. The minimum atomic E-state index is -0.779. The van der Waals surface area contributed by atoms with Gasteiger partial charge in [0.25, 0.3) is 0 Å². The molecule has 1 aliphatic rings. The molecule has 6 nitrogen and oxygen atoms in total. The Morgan fingerprint density at radius 3 is 2.81 bits per heavy atom. The molecule has 26 heavy (non-hydrogen) atoms. The van der Waals surface area contributed by atoms with Crippen LogP contribution in [0.1, 0.15) is 51.6 Å². The van der Waals surface area contributed by atoms with E-state index in [9.17, 15) is 4.79 Å². The van der Waals surface area contributed by atoms with Crippen LogP contribution in [0.3, 0.4) is 0 Å². The Balaban J connectivity index is 1.97. The van der Waals surface area contributed by atoms with Crippen molar-refractivity contribution in [2.75, 3.05) is 0 Å². The summed E-state index contributed by atoms with van der Waals surface area (Å²) < 4.78 is 12.9. The molecular formula is C19H24BrN3O3. The van der Waals surface area contributed by atoms with Crippen LogP contribution in [0.4, 0.5) is 4.79 Å². The summed E-state index contributed by atoms with van der Waals surface area (Å²) in [6.07, 6.45) is 8.51. The van der Waals surface area contributed by atoms with Gasteiger partial charge < -0.3 is 9.47 Å². The third-order valence-electron chi connectivity index (χ3n) is 4.60. The van der Waals surface area contributed by atoms with E-state index in [4.69, 9.17) is 9.47 Å². The third-order valence-corrected chi connectivity index (χ3v) is 5.13. The Hall–Kier alpha value is -1.89. The maximum absolute atomic E-state index is 12.6. The molecule has 2 aromatic rings. The molecule has 0 N–H and O–H groups in total. The molecular weight excluding hydrogens is 398 g/mol. The Morgan fingerprint density at radius 1 is 1.42 bits per heavy atom. The van der Waals surface area contributed by atoms with E-state index in [0.717, 1.165) is 18.2 Å². The summed E-state index contributed by atoms with van der Waals surface area (Å²) in [4.78, 5) is 17.0. The maximum atomic E-state index is 12.6. The third kappa shape index (κ3) is 3.92. The molecule has 0 unspecified atom stereocenters. The van der Waals surface area contributed by atoms with Gasteiger partial charge in [-0.25, -0.2) is 9.78 Å². The second-order valence-electron chi connectivity index (χ2n) is 7.06. The fourth-order valence-corrected chi connectivity index (χ4v) is 3.47. The molecule has 1 saturated carbocycles. The number of fused-ring (bicyclic) bond motifs is 1. The lowest BCUT2D eigenvalue weighted by Gasteiger charge is -2.22. The zero-order valence-corrected chi connectivity index (χ0v) is 16.8. The van der Waals surface area contributed by atoms with Crippen molar-refractivity contribution < 1.29 is 14.3 Å². The van der Waals surface area contributed by atoms with Gasteiger partial charge in [0.1, 0.15) is 11.7 Å². The molecule has 2 aromatic heterocycles. The first-order valence-corrected chi connectivity index (χ1v) is 10.0. The van der Waals surface area contributed by atoms with Crippen molar-refractivity contribution in [2.45, 2.75) is 63.0 Å². The van der Waals surface area contributed by atoms with Crippen LogP contribution in [0.25, 0.3) is 10.9 Å². The predicted octanol–water partition coefficient (Wildman–Crippen LogP) is 4.99. The number of nitrogens with zero attached hydrogens (tertiary/aromatic N) is 3. The van der Waals surface area contributed by atoms with Gasteiger partial charge in [-0.3, -0.25) is 0 Å². The van der Waals surface area contributed by atoms with Gasteiger partial charge in [0.05, 0.1) is 16.6 Å². The summed E-state index contributed by atoms with van der Waals surface area (Å²) in [7, 11) is 0. The van der Waals surface area contributed by atoms with Crippen LogP contribution in [0.5, 0.6) is 5.88 Å². The van der Waals surface area contributed by atoms with Gasteiger partial charge >= 0.3 is 6.09 Å². The normalized spacial score (nSPS) is 15.8. The average molecular weight is 422 g/mol. The summed E-state index contributed by atoms with van der Waals surface area (Å²) in [5.41, 5.74) is 0.552. The highest BCUT2D eigenvalue weighted by atomic mass is 79.9. The molecule has 0 spiro atoms. The number of aromatic nitrogens is 3. The first kappa shape index (κ1) is 18.9. The van der Waals surface area contributed by atoms with E-state index in [-0.39, 0.29) is 6.10 Å². The van der Waals surface area contributed by atoms with E-state index in [1.165, 1.54) is 23.9 Å². The number of carbonyl (C=O) groups is 1. The maximum Gasteiger partial charge on any atom is 0.436 e. The SMILES string of the molecule is C=CC(C)(C)OC(=O)n1nc(CBr)c2c(OC3CCCCC3)nccc21. The lowest BCUT2D eigenvalue weighted by atomic mass is 9.98. The second-order valence-corrected chi connectivity index (χ2v) is 7.62. The summed E-state index contributed by atoms with van der Waals surface area (Å²) >= 11 is 3.45. The summed E-state index contributed by atoms with van der Waals surface area (Å²) in [6.45, 7) is 7.24. The van der Waals surface area contributed by atoms with Gasteiger partial charge in [0.15, 0.2) is 0 Å². The van der Waals surface area contributed by atoms with Crippen LogP contribution in [-0.4, -0.2) is 32.6 Å². The van der Waals surface area contributed by atoms with Crippen molar-refractivity contribution in [1.29, 1.82) is 0 Å². The van der Waals surface area contributed by atoms with Crippen molar-refractivity contribution >= 4 is 32.9 Å². The molecule has 1 fully saturated rings. The smallest absolute Gasteiger partial charge is 0.436 e. The fourth-order valence-electron chi connectivity index (χ4n) is 3.08. The van der Waals surface area contributed by atoms with Gasteiger partial charge in [-0.05, 0) is 51.7 Å². The van der Waals surface area contributed by atoms with E-state index < -0.39 is 11.7 Å². The Bertz CT molecular complexity index is 810. The number of pyridine rings is 1. The molecule has 0 saturated heterocycles. The quantitative estimate of drug-likeness (QED) is 0.502. The molecule has 3 rings (SSSR count). The summed E-state index contributed by atoms with van der Waals surface area (Å²) in [5.74, 6) is 0.533. The molecule has 2 heterocycles. The van der Waals surface area contributed by atoms with Crippen molar-refractivity contribution in [1.82, 2.24) is 14.8 Å². The van der Waals surface area contributed by atoms with Crippen LogP contribution >= 0.6 is 15.9 Å². The molecule has 0 radical (unpaired) electrons. The van der Waals surface area contributed by atoms with Crippen molar-refractivity contribution in [2.24, 2.45) is 0 Å². The predicted molar refractivity (Wildman–Crippen MR) is 104 cm³/mol. The zero-order valence-electron chi connectivity index (χ0n) is 15.2. The van der Waals surface area contributed by atoms with Gasteiger partial charge in [-0.1, -0.05) is 28.9 Å². The van der Waals surface area contributed by atoms with E-state index in [2.05, 4.69) is 32.6 Å². The second kappa shape index (κ2) is 7.78. The topological polar surface area (TPSA) is 66.2 Å². The molecule has 7 heteroatoms. The highest BCUT2D eigenvalue weighted by Crippen LogP contribution is 2.31. The Labute approximate surface area is 161 Å². The Morgan fingerprint density at radius 2 is 2.15 bits per heavy atom. The number of hydrogen-bond acceptors (Lipinski definition) is 5. The molecule has 0 aliphatic heterocycles. The first-order valence-electron chi connectivity index (χ1n) is 8.91. The van der Waals surface area contributed by atoms with Crippen molar-refractivity contribution in [3.8, 4) is 5.88 Å². The lowest BCUT2D eigenvalue weighted by Crippen LogP contribution is -2.28. The number of halogens is 1. The van der Waals surface area contributed by atoms with Crippen LogP contribution in [-0.2, 0) is 10.1 Å². The van der Waals surface area contributed by atoms with E-state index in [0.29, 0.717) is 22.4 Å². The van der Waals surface area contributed by atoms with Crippen LogP contribution in [0.2, 0.25) is 0 Å². The van der Waals surface area contributed by atoms with Gasteiger partial charge in [0, 0.05) is 11.5 Å². The van der Waals surface area contributed by atoms with E-state index in [1.54, 1.807) is 32.2 Å². The van der Waals surface area contributed by atoms with Crippen molar-refractivity contribution in [3.63, 3.8) is 0 Å². The number of rotatable bonds is 5. The van der Waals surface area contributed by atoms with Gasteiger partial charge in [-0.2, -0.15) is 9.78 Å². The van der Waals surface area contributed by atoms with Crippen LogP contribution < -0.4 is 4.74 Å². The standard InChI is InChI=1S/C19H24BrN3O3/c1-4-19(2,3)26-18(24)23-15-10-11-21-17(16(15)14(12-20)22-23)25-13-8-6-5-7-9-13/h4,10-11,13H,1,5-9,12H2,2-3H3. The number of ether oxygens (including phenoxy) is 2. The minimum Gasteiger partial charge on any atom is -0.474 e. The minimum absolute atomic E-state index is 0.167. The largest absolute Gasteiger partial charge is 0.474 e.